The van der Waals surface area contributed by atoms with Crippen LogP contribution in [0.4, 0.5) is 0 Å². The second-order valence-corrected chi connectivity index (χ2v) is 8.16. The van der Waals surface area contributed by atoms with E-state index in [1.165, 1.54) is 56.9 Å². The first-order valence-electron chi connectivity index (χ1n) is 7.70. The van der Waals surface area contributed by atoms with Crippen molar-refractivity contribution in [1.82, 2.24) is 10.3 Å². The van der Waals surface area contributed by atoms with Gasteiger partial charge in [0, 0.05) is 33.4 Å². The molecular formula is C17H19BrN2S. The molecule has 110 valence electrons. The molecule has 2 saturated carbocycles. The van der Waals surface area contributed by atoms with E-state index < -0.39 is 0 Å². The van der Waals surface area contributed by atoms with Crippen LogP contribution in [0.1, 0.15) is 47.7 Å². The zero-order chi connectivity index (χ0) is 14.4. The topological polar surface area (TPSA) is 24.9 Å². The molecule has 2 fully saturated rings. The summed E-state index contributed by atoms with van der Waals surface area (Å²) < 4.78 is 1.17. The third-order valence-corrected chi connectivity index (χ3v) is 6.21. The molecule has 0 unspecified atom stereocenters. The molecule has 0 amide bonds. The number of rotatable bonds is 5. The van der Waals surface area contributed by atoms with Crippen molar-refractivity contribution in [2.24, 2.45) is 0 Å². The Labute approximate surface area is 138 Å². The summed E-state index contributed by atoms with van der Waals surface area (Å²) in [4.78, 5) is 6.42. The summed E-state index contributed by atoms with van der Waals surface area (Å²) in [5.41, 5.74) is 3.87. The third-order valence-electron chi connectivity index (χ3n) is 4.24. The molecule has 2 aromatic rings. The van der Waals surface area contributed by atoms with E-state index in [4.69, 9.17) is 4.98 Å². The van der Waals surface area contributed by atoms with Crippen molar-refractivity contribution in [3.63, 3.8) is 0 Å². The van der Waals surface area contributed by atoms with Crippen molar-refractivity contribution in [3.8, 4) is 10.6 Å². The highest BCUT2D eigenvalue weighted by molar-refractivity contribution is 9.10. The summed E-state index contributed by atoms with van der Waals surface area (Å²) in [7, 11) is 0. The van der Waals surface area contributed by atoms with Crippen LogP contribution in [-0.2, 0) is 6.54 Å². The van der Waals surface area contributed by atoms with Crippen LogP contribution in [0.2, 0.25) is 0 Å². The van der Waals surface area contributed by atoms with Crippen molar-refractivity contribution in [3.05, 3.63) is 38.8 Å². The minimum absolute atomic E-state index is 0.722. The Balaban J connectivity index is 1.64. The van der Waals surface area contributed by atoms with E-state index in [0.717, 1.165) is 18.5 Å². The van der Waals surface area contributed by atoms with E-state index in [0.29, 0.717) is 0 Å². The molecule has 0 radical (unpaired) electrons. The van der Waals surface area contributed by atoms with Crippen molar-refractivity contribution >= 4 is 27.3 Å². The Kier molecular flexibility index (Phi) is 3.64. The van der Waals surface area contributed by atoms with Crippen LogP contribution in [0.3, 0.4) is 0 Å². The van der Waals surface area contributed by atoms with Gasteiger partial charge in [-0.25, -0.2) is 4.98 Å². The Morgan fingerprint density at radius 3 is 2.76 bits per heavy atom. The lowest BCUT2D eigenvalue weighted by molar-refractivity contribution is 0.688. The highest BCUT2D eigenvalue weighted by Crippen LogP contribution is 2.44. The molecule has 2 aliphatic rings. The van der Waals surface area contributed by atoms with Gasteiger partial charge in [0.25, 0.3) is 0 Å². The molecule has 1 aromatic heterocycles. The predicted octanol–water partition coefficient (Wildman–Crippen LogP) is 5.01. The van der Waals surface area contributed by atoms with Crippen LogP contribution in [0, 0.1) is 6.92 Å². The quantitative estimate of drug-likeness (QED) is 0.808. The predicted molar refractivity (Wildman–Crippen MR) is 91.8 cm³/mol. The monoisotopic (exact) mass is 362 g/mol. The molecule has 2 aliphatic carbocycles. The maximum absolute atomic E-state index is 4.97. The molecule has 1 heterocycles. The van der Waals surface area contributed by atoms with Crippen molar-refractivity contribution in [2.45, 2.75) is 51.1 Å². The van der Waals surface area contributed by atoms with Gasteiger partial charge in [-0.2, -0.15) is 0 Å². The van der Waals surface area contributed by atoms with Crippen molar-refractivity contribution < 1.29 is 0 Å². The van der Waals surface area contributed by atoms with Gasteiger partial charge < -0.3 is 5.32 Å². The number of aromatic nitrogens is 1. The van der Waals surface area contributed by atoms with E-state index in [1.807, 2.05) is 11.3 Å². The highest BCUT2D eigenvalue weighted by Gasteiger charge is 2.30. The fourth-order valence-electron chi connectivity index (χ4n) is 2.54. The van der Waals surface area contributed by atoms with E-state index in [-0.39, 0.29) is 0 Å². The van der Waals surface area contributed by atoms with E-state index >= 15 is 0 Å². The van der Waals surface area contributed by atoms with Gasteiger partial charge in [-0.1, -0.05) is 28.1 Å². The van der Waals surface area contributed by atoms with Crippen LogP contribution < -0.4 is 5.32 Å². The molecule has 0 bridgehead atoms. The summed E-state index contributed by atoms with van der Waals surface area (Å²) in [6.07, 6.45) is 5.32. The fraction of sp³-hybridized carbons (Fsp3) is 0.471. The number of benzene rings is 1. The normalized spacial score (nSPS) is 18.2. The number of nitrogens with one attached hydrogen (secondary N) is 1. The number of halogens is 1. The Morgan fingerprint density at radius 1 is 1.29 bits per heavy atom. The van der Waals surface area contributed by atoms with E-state index in [9.17, 15) is 0 Å². The second-order valence-electron chi connectivity index (χ2n) is 6.22. The highest BCUT2D eigenvalue weighted by atomic mass is 79.9. The fourth-order valence-corrected chi connectivity index (χ4v) is 4.01. The van der Waals surface area contributed by atoms with Crippen molar-refractivity contribution in [2.75, 3.05) is 0 Å². The number of aryl methyl sites for hydroxylation is 1. The molecular weight excluding hydrogens is 344 g/mol. The standard InChI is InChI=1S/C17H19BrN2S/c1-10-2-3-12(8-14(10)18)17-20-16(11-4-5-11)15(21-17)9-19-13-6-7-13/h2-3,8,11,13,19H,4-7,9H2,1H3. The van der Waals surface area contributed by atoms with E-state index in [1.54, 1.807) is 0 Å². The molecule has 1 N–H and O–H groups in total. The zero-order valence-corrected chi connectivity index (χ0v) is 14.6. The van der Waals surface area contributed by atoms with Crippen LogP contribution in [0.25, 0.3) is 10.6 Å². The molecule has 0 aliphatic heterocycles. The summed E-state index contributed by atoms with van der Waals surface area (Å²) in [6.45, 7) is 3.12. The average Bonchev–Trinajstić information content (AvgIpc) is 3.39. The lowest BCUT2D eigenvalue weighted by Crippen LogP contribution is -2.15. The minimum atomic E-state index is 0.722. The zero-order valence-electron chi connectivity index (χ0n) is 12.2. The smallest absolute Gasteiger partial charge is 0.123 e. The Hall–Kier alpha value is -0.710. The minimum Gasteiger partial charge on any atom is -0.309 e. The third kappa shape index (κ3) is 3.08. The van der Waals surface area contributed by atoms with Gasteiger partial charge in [0.15, 0.2) is 0 Å². The maximum Gasteiger partial charge on any atom is 0.123 e. The largest absolute Gasteiger partial charge is 0.309 e. The lowest BCUT2D eigenvalue weighted by atomic mass is 10.1. The molecule has 4 rings (SSSR count). The van der Waals surface area contributed by atoms with Gasteiger partial charge in [-0.15, -0.1) is 11.3 Å². The van der Waals surface area contributed by atoms with Gasteiger partial charge in [-0.05, 0) is 44.2 Å². The van der Waals surface area contributed by atoms with Gasteiger partial charge in [0.1, 0.15) is 5.01 Å². The Morgan fingerprint density at radius 2 is 2.10 bits per heavy atom. The first kappa shape index (κ1) is 13.9. The van der Waals surface area contributed by atoms with Gasteiger partial charge >= 0.3 is 0 Å². The first-order chi connectivity index (χ1) is 10.2. The Bertz CT molecular complexity index is 671. The van der Waals surface area contributed by atoms with Crippen LogP contribution in [0.15, 0.2) is 22.7 Å². The summed E-state index contributed by atoms with van der Waals surface area (Å²) in [5, 5.41) is 4.81. The molecule has 21 heavy (non-hydrogen) atoms. The summed E-state index contributed by atoms with van der Waals surface area (Å²) >= 11 is 5.50. The molecule has 2 nitrogen and oxygen atoms in total. The maximum atomic E-state index is 4.97. The van der Waals surface area contributed by atoms with Crippen molar-refractivity contribution in [1.29, 1.82) is 0 Å². The molecule has 0 spiro atoms. The van der Waals surface area contributed by atoms with E-state index in [2.05, 4.69) is 46.4 Å². The van der Waals surface area contributed by atoms with Gasteiger partial charge in [0.05, 0.1) is 5.69 Å². The summed E-state index contributed by atoms with van der Waals surface area (Å²) in [5.74, 6) is 0.722. The van der Waals surface area contributed by atoms with Crippen LogP contribution in [-0.4, -0.2) is 11.0 Å². The average molecular weight is 363 g/mol. The molecule has 0 saturated heterocycles. The first-order valence-corrected chi connectivity index (χ1v) is 9.31. The van der Waals surface area contributed by atoms with Gasteiger partial charge in [0.2, 0.25) is 0 Å². The second kappa shape index (κ2) is 5.49. The lowest BCUT2D eigenvalue weighted by Gasteiger charge is -2.01. The molecule has 1 aromatic carbocycles. The van der Waals surface area contributed by atoms with Gasteiger partial charge in [-0.3, -0.25) is 0 Å². The number of hydrogen-bond acceptors (Lipinski definition) is 3. The summed E-state index contributed by atoms with van der Waals surface area (Å²) in [6, 6.07) is 7.31. The number of hydrogen-bond donors (Lipinski definition) is 1. The van der Waals surface area contributed by atoms with Crippen LogP contribution >= 0.6 is 27.3 Å². The van der Waals surface area contributed by atoms with Crippen LogP contribution in [0.5, 0.6) is 0 Å². The molecule has 4 heteroatoms. The number of thiazole rings is 1. The number of nitrogens with zero attached hydrogens (tertiary/aromatic N) is 1. The molecule has 0 atom stereocenters. The SMILES string of the molecule is Cc1ccc(-c2nc(C3CC3)c(CNC3CC3)s2)cc1Br.